The van der Waals surface area contributed by atoms with Crippen molar-refractivity contribution in [2.24, 2.45) is 0 Å². The Balaban J connectivity index is 2.03. The first-order valence-corrected chi connectivity index (χ1v) is 6.67. The van der Waals surface area contributed by atoms with Crippen LogP contribution in [0.3, 0.4) is 0 Å². The van der Waals surface area contributed by atoms with Crippen molar-refractivity contribution in [2.75, 3.05) is 5.06 Å². The molecule has 21 heavy (non-hydrogen) atoms. The molecule has 0 aliphatic heterocycles. The zero-order chi connectivity index (χ0) is 15.0. The predicted octanol–water partition coefficient (Wildman–Crippen LogP) is 3.08. The average molecular weight is 350 g/mol. The van der Waals surface area contributed by atoms with E-state index in [1.54, 1.807) is 6.07 Å². The molecule has 0 unspecified atom stereocenters. The molecule has 0 saturated heterocycles. The standard InChI is InChI=1S/C13H9BrFN5O/c14-7-3-8(15)5-9(4-7)20(21)12(16)10-1-2-17-13-11(10)18-6-19-13/h1-6,16,21H,(H,17,18,19). The van der Waals surface area contributed by atoms with E-state index in [1.807, 2.05) is 0 Å². The molecule has 2 heterocycles. The fourth-order valence-electron chi connectivity index (χ4n) is 1.95. The Hall–Kier alpha value is -2.32. The van der Waals surface area contributed by atoms with Gasteiger partial charge in [-0.3, -0.25) is 10.6 Å². The van der Waals surface area contributed by atoms with E-state index in [1.165, 1.54) is 24.7 Å². The molecule has 106 valence electrons. The molecular formula is C13H9BrFN5O. The summed E-state index contributed by atoms with van der Waals surface area (Å²) in [6.07, 6.45) is 2.94. The van der Waals surface area contributed by atoms with Gasteiger partial charge in [0.25, 0.3) is 0 Å². The smallest absolute Gasteiger partial charge is 0.178 e. The molecule has 0 aliphatic rings. The third-order valence-electron chi connectivity index (χ3n) is 2.89. The molecule has 0 saturated carbocycles. The Morgan fingerprint density at radius 2 is 2.14 bits per heavy atom. The first-order valence-electron chi connectivity index (χ1n) is 5.88. The van der Waals surface area contributed by atoms with Gasteiger partial charge in [-0.25, -0.2) is 19.4 Å². The summed E-state index contributed by atoms with van der Waals surface area (Å²) in [6.45, 7) is 0. The van der Waals surface area contributed by atoms with E-state index in [0.717, 1.165) is 6.07 Å². The van der Waals surface area contributed by atoms with Crippen LogP contribution in [0.1, 0.15) is 5.56 Å². The van der Waals surface area contributed by atoms with Crippen molar-refractivity contribution in [3.63, 3.8) is 0 Å². The number of pyridine rings is 1. The number of amidine groups is 1. The Bertz CT molecular complexity index is 814. The Kier molecular flexibility index (Phi) is 3.40. The van der Waals surface area contributed by atoms with Crippen LogP contribution in [-0.4, -0.2) is 26.0 Å². The van der Waals surface area contributed by atoms with Gasteiger partial charge in [0.2, 0.25) is 0 Å². The van der Waals surface area contributed by atoms with Gasteiger partial charge in [-0.1, -0.05) is 15.9 Å². The number of aromatic nitrogens is 3. The van der Waals surface area contributed by atoms with Crippen LogP contribution >= 0.6 is 15.9 Å². The van der Waals surface area contributed by atoms with Gasteiger partial charge in [-0.15, -0.1) is 0 Å². The van der Waals surface area contributed by atoms with Crippen molar-refractivity contribution in [2.45, 2.75) is 0 Å². The maximum absolute atomic E-state index is 13.4. The minimum atomic E-state index is -0.521. The highest BCUT2D eigenvalue weighted by molar-refractivity contribution is 9.10. The quantitative estimate of drug-likeness (QED) is 0.376. The van der Waals surface area contributed by atoms with Crippen LogP contribution in [-0.2, 0) is 0 Å². The second-order valence-corrected chi connectivity index (χ2v) is 5.16. The van der Waals surface area contributed by atoms with Crippen LogP contribution in [0.5, 0.6) is 0 Å². The molecule has 0 amide bonds. The van der Waals surface area contributed by atoms with Crippen molar-refractivity contribution in [3.8, 4) is 0 Å². The molecule has 0 fully saturated rings. The van der Waals surface area contributed by atoms with E-state index in [-0.39, 0.29) is 11.5 Å². The number of fused-ring (bicyclic) bond motifs is 1. The summed E-state index contributed by atoms with van der Waals surface area (Å²) in [6, 6.07) is 5.47. The lowest BCUT2D eigenvalue weighted by Crippen LogP contribution is -2.27. The van der Waals surface area contributed by atoms with Crippen molar-refractivity contribution in [1.82, 2.24) is 15.0 Å². The molecule has 0 atom stereocenters. The number of nitrogens with zero attached hydrogens (tertiary/aromatic N) is 3. The number of halogens is 2. The highest BCUT2D eigenvalue weighted by Gasteiger charge is 2.17. The van der Waals surface area contributed by atoms with Crippen molar-refractivity contribution < 1.29 is 9.60 Å². The van der Waals surface area contributed by atoms with Gasteiger partial charge in [-0.2, -0.15) is 0 Å². The molecule has 0 spiro atoms. The first kappa shape index (κ1) is 13.7. The number of hydroxylamine groups is 1. The number of benzene rings is 1. The topological polar surface area (TPSA) is 88.9 Å². The lowest BCUT2D eigenvalue weighted by Gasteiger charge is -2.18. The van der Waals surface area contributed by atoms with Crippen LogP contribution in [0.15, 0.2) is 41.3 Å². The van der Waals surface area contributed by atoms with Crippen LogP contribution in [0, 0.1) is 11.2 Å². The second kappa shape index (κ2) is 5.23. The summed E-state index contributed by atoms with van der Waals surface area (Å²) in [5.41, 5.74) is 1.50. The number of nitrogens with one attached hydrogen (secondary N) is 2. The maximum atomic E-state index is 13.4. The highest BCUT2D eigenvalue weighted by atomic mass is 79.9. The zero-order valence-electron chi connectivity index (χ0n) is 10.5. The van der Waals surface area contributed by atoms with Crippen LogP contribution in [0.4, 0.5) is 10.1 Å². The Morgan fingerprint density at radius 1 is 1.33 bits per heavy atom. The fraction of sp³-hybridized carbons (Fsp3) is 0. The Morgan fingerprint density at radius 3 is 2.90 bits per heavy atom. The highest BCUT2D eigenvalue weighted by Crippen LogP contribution is 2.23. The maximum Gasteiger partial charge on any atom is 0.178 e. The van der Waals surface area contributed by atoms with Crippen LogP contribution in [0.25, 0.3) is 11.2 Å². The van der Waals surface area contributed by atoms with E-state index < -0.39 is 5.82 Å². The van der Waals surface area contributed by atoms with Crippen LogP contribution in [0.2, 0.25) is 0 Å². The van der Waals surface area contributed by atoms with E-state index >= 15 is 0 Å². The number of hydrogen-bond donors (Lipinski definition) is 3. The molecule has 3 rings (SSSR count). The molecule has 0 aliphatic carbocycles. The van der Waals surface area contributed by atoms with Gasteiger partial charge < -0.3 is 4.98 Å². The van der Waals surface area contributed by atoms with Gasteiger partial charge >= 0.3 is 0 Å². The molecule has 2 aromatic heterocycles. The first-order chi connectivity index (χ1) is 10.1. The molecule has 1 aromatic carbocycles. The normalized spacial score (nSPS) is 10.8. The summed E-state index contributed by atoms with van der Waals surface area (Å²) in [4.78, 5) is 10.9. The summed E-state index contributed by atoms with van der Waals surface area (Å²) in [5, 5.41) is 18.9. The second-order valence-electron chi connectivity index (χ2n) is 4.25. The number of aromatic amines is 1. The summed E-state index contributed by atoms with van der Waals surface area (Å²) in [7, 11) is 0. The van der Waals surface area contributed by atoms with E-state index in [9.17, 15) is 9.60 Å². The predicted molar refractivity (Wildman–Crippen MR) is 79.1 cm³/mol. The zero-order valence-corrected chi connectivity index (χ0v) is 12.1. The van der Waals surface area contributed by atoms with Crippen molar-refractivity contribution >= 4 is 38.6 Å². The van der Waals surface area contributed by atoms with Crippen molar-refractivity contribution in [3.05, 3.63) is 52.6 Å². The average Bonchev–Trinajstić information content (AvgIpc) is 2.93. The SMILES string of the molecule is N=C(c1ccnc2nc[nH]c12)N(O)c1cc(F)cc(Br)c1. The number of H-pyrrole nitrogens is 1. The number of imidazole rings is 1. The minimum absolute atomic E-state index is 0.136. The number of anilines is 1. The molecule has 0 bridgehead atoms. The molecule has 6 nitrogen and oxygen atoms in total. The molecule has 3 N–H and O–H groups in total. The van der Waals surface area contributed by atoms with Gasteiger partial charge in [0.1, 0.15) is 5.82 Å². The minimum Gasteiger partial charge on any atom is -0.343 e. The third-order valence-corrected chi connectivity index (χ3v) is 3.34. The lowest BCUT2D eigenvalue weighted by atomic mass is 10.2. The number of hydrogen-bond acceptors (Lipinski definition) is 4. The molecule has 0 radical (unpaired) electrons. The van der Waals surface area contributed by atoms with E-state index in [0.29, 0.717) is 26.3 Å². The van der Waals surface area contributed by atoms with E-state index in [2.05, 4.69) is 30.9 Å². The fourth-order valence-corrected chi connectivity index (χ4v) is 2.40. The summed E-state index contributed by atoms with van der Waals surface area (Å²) in [5.74, 6) is -0.739. The molecule has 3 aromatic rings. The lowest BCUT2D eigenvalue weighted by molar-refractivity contribution is 0.311. The van der Waals surface area contributed by atoms with Crippen LogP contribution < -0.4 is 5.06 Å². The summed E-state index contributed by atoms with van der Waals surface area (Å²) < 4.78 is 13.9. The van der Waals surface area contributed by atoms with Gasteiger partial charge in [0.05, 0.1) is 17.5 Å². The monoisotopic (exact) mass is 349 g/mol. The third kappa shape index (κ3) is 2.50. The number of rotatable bonds is 2. The molecule has 8 heteroatoms. The largest absolute Gasteiger partial charge is 0.343 e. The molecular weight excluding hydrogens is 341 g/mol. The van der Waals surface area contributed by atoms with Crippen molar-refractivity contribution in [1.29, 1.82) is 5.41 Å². The Labute approximate surface area is 126 Å². The van der Waals surface area contributed by atoms with Gasteiger partial charge in [0, 0.05) is 22.3 Å². The van der Waals surface area contributed by atoms with Gasteiger partial charge in [-0.05, 0) is 18.2 Å². The van der Waals surface area contributed by atoms with Gasteiger partial charge in [0.15, 0.2) is 11.5 Å². The summed E-state index contributed by atoms with van der Waals surface area (Å²) >= 11 is 3.15. The van der Waals surface area contributed by atoms with E-state index in [4.69, 9.17) is 5.41 Å².